The predicted octanol–water partition coefficient (Wildman–Crippen LogP) is 2.65. The number of hydrogen-bond donors (Lipinski definition) is 1. The molecular weight excluding hydrogens is 240 g/mol. The van der Waals surface area contributed by atoms with Gasteiger partial charge in [0.2, 0.25) is 0 Å². The van der Waals surface area contributed by atoms with Crippen molar-refractivity contribution in [2.24, 2.45) is 0 Å². The number of carboxylic acid groups (broad SMARTS) is 1. The Morgan fingerprint density at radius 3 is 2.53 bits per heavy atom. The smallest absolute Gasteiger partial charge is 0.312 e. The molecule has 0 spiro atoms. The van der Waals surface area contributed by atoms with Crippen LogP contribution in [0.1, 0.15) is 38.0 Å². The summed E-state index contributed by atoms with van der Waals surface area (Å²) in [7, 11) is 0. The fraction of sp³-hybridized carbons (Fsp3) is 0.500. The number of aliphatic carboxylic acids is 1. The second-order valence-electron chi connectivity index (χ2n) is 4.70. The van der Waals surface area contributed by atoms with E-state index in [9.17, 15) is 9.59 Å². The number of carbonyl (C=O) groups is 2. The van der Waals surface area contributed by atoms with Crippen LogP contribution in [0.4, 0.5) is 0 Å². The molecule has 17 heavy (non-hydrogen) atoms. The van der Waals surface area contributed by atoms with E-state index >= 15 is 0 Å². The quantitative estimate of drug-likeness (QED) is 0.841. The zero-order valence-electron chi connectivity index (χ0n) is 10.1. The lowest BCUT2D eigenvalue weighted by atomic mass is 10.0. The second-order valence-corrected chi connectivity index (χ2v) is 5.68. The van der Waals surface area contributed by atoms with E-state index in [-0.39, 0.29) is 6.42 Å². The Bertz CT molecular complexity index is 389. The third-order valence-corrected chi connectivity index (χ3v) is 2.96. The van der Waals surface area contributed by atoms with Crippen LogP contribution < -0.4 is 0 Å². The first kappa shape index (κ1) is 13.7. The van der Waals surface area contributed by atoms with Gasteiger partial charge < -0.3 is 9.84 Å². The van der Waals surface area contributed by atoms with Crippen LogP contribution in [0.15, 0.2) is 17.5 Å². The molecule has 0 aliphatic carbocycles. The summed E-state index contributed by atoms with van der Waals surface area (Å²) in [5, 5.41) is 10.9. The van der Waals surface area contributed by atoms with E-state index in [1.807, 2.05) is 0 Å². The van der Waals surface area contributed by atoms with Gasteiger partial charge in [0, 0.05) is 4.88 Å². The second kappa shape index (κ2) is 5.31. The molecule has 0 amide bonds. The molecule has 0 aliphatic rings. The van der Waals surface area contributed by atoms with Gasteiger partial charge in [0.05, 0.1) is 6.42 Å². The fourth-order valence-corrected chi connectivity index (χ4v) is 2.17. The summed E-state index contributed by atoms with van der Waals surface area (Å²) in [5.41, 5.74) is -0.588. The molecule has 0 unspecified atom stereocenters. The fourth-order valence-electron chi connectivity index (χ4n) is 1.35. The minimum atomic E-state index is -1.00. The lowest BCUT2D eigenvalue weighted by Gasteiger charge is -2.20. The Labute approximate surface area is 104 Å². The van der Waals surface area contributed by atoms with Crippen molar-refractivity contribution >= 4 is 23.3 Å². The average molecular weight is 256 g/mol. The van der Waals surface area contributed by atoms with Crippen LogP contribution in [-0.2, 0) is 14.3 Å². The number of thiophene rings is 1. The van der Waals surface area contributed by atoms with Crippen LogP contribution in [0.2, 0.25) is 0 Å². The normalized spacial score (nSPS) is 13.1. The van der Waals surface area contributed by atoms with E-state index < -0.39 is 23.5 Å². The Morgan fingerprint density at radius 2 is 2.12 bits per heavy atom. The molecule has 1 aromatic heterocycles. The first-order valence-corrected chi connectivity index (χ1v) is 6.15. The van der Waals surface area contributed by atoms with Gasteiger partial charge in [-0.25, -0.2) is 0 Å². The average Bonchev–Trinajstić information content (AvgIpc) is 2.63. The van der Waals surface area contributed by atoms with Crippen LogP contribution in [0.3, 0.4) is 0 Å². The molecular formula is C12H16O4S. The molecule has 4 nitrogen and oxygen atoms in total. The van der Waals surface area contributed by atoms with E-state index in [4.69, 9.17) is 9.84 Å². The third-order valence-electron chi connectivity index (χ3n) is 1.98. The lowest BCUT2D eigenvalue weighted by molar-refractivity contribution is -0.158. The molecule has 1 heterocycles. The van der Waals surface area contributed by atoms with E-state index in [2.05, 4.69) is 0 Å². The summed E-state index contributed by atoms with van der Waals surface area (Å²) < 4.78 is 5.12. The van der Waals surface area contributed by atoms with E-state index in [0.717, 1.165) is 0 Å². The van der Waals surface area contributed by atoms with Crippen molar-refractivity contribution in [1.29, 1.82) is 0 Å². The number of ether oxygens (including phenoxy) is 1. The number of rotatable bonds is 4. The third kappa shape index (κ3) is 4.56. The molecule has 0 saturated heterocycles. The molecule has 5 heteroatoms. The minimum absolute atomic E-state index is 0.132. The molecule has 0 aromatic carbocycles. The van der Waals surface area contributed by atoms with Crippen LogP contribution in [0.5, 0.6) is 0 Å². The highest BCUT2D eigenvalue weighted by atomic mass is 32.1. The molecule has 94 valence electrons. The maximum absolute atomic E-state index is 11.6. The van der Waals surface area contributed by atoms with Gasteiger partial charge in [-0.1, -0.05) is 6.07 Å². The Balaban J connectivity index is 2.69. The van der Waals surface area contributed by atoms with Crippen molar-refractivity contribution in [3.05, 3.63) is 22.4 Å². The zero-order chi connectivity index (χ0) is 13.1. The summed E-state index contributed by atoms with van der Waals surface area (Å²) >= 11 is 1.33. The first-order chi connectivity index (χ1) is 7.79. The van der Waals surface area contributed by atoms with Crippen molar-refractivity contribution in [3.8, 4) is 0 Å². The van der Waals surface area contributed by atoms with Crippen LogP contribution in [0.25, 0.3) is 0 Å². The number of carboxylic acids is 1. The van der Waals surface area contributed by atoms with Crippen molar-refractivity contribution in [1.82, 2.24) is 0 Å². The van der Waals surface area contributed by atoms with Gasteiger partial charge in [-0.05, 0) is 32.2 Å². The highest BCUT2D eigenvalue weighted by Gasteiger charge is 2.27. The van der Waals surface area contributed by atoms with Crippen molar-refractivity contribution in [2.75, 3.05) is 0 Å². The molecule has 0 fully saturated rings. The number of esters is 1. The monoisotopic (exact) mass is 256 g/mol. The summed E-state index contributed by atoms with van der Waals surface area (Å²) in [6.07, 6.45) is -0.132. The predicted molar refractivity (Wildman–Crippen MR) is 65.2 cm³/mol. The standard InChI is InChI=1S/C12H16O4S/c1-12(2,3)16-10(13)7-8(11(14)15)9-5-4-6-17-9/h4-6,8H,7H2,1-3H3,(H,14,15)/t8-/m0/s1. The summed E-state index contributed by atoms with van der Waals surface area (Å²) in [6, 6.07) is 3.48. The molecule has 1 aromatic rings. The van der Waals surface area contributed by atoms with E-state index in [1.54, 1.807) is 38.3 Å². The van der Waals surface area contributed by atoms with Gasteiger partial charge in [-0.3, -0.25) is 9.59 Å². The molecule has 0 aliphatic heterocycles. The molecule has 1 rings (SSSR count). The van der Waals surface area contributed by atoms with E-state index in [0.29, 0.717) is 4.88 Å². The lowest BCUT2D eigenvalue weighted by Crippen LogP contribution is -2.26. The van der Waals surface area contributed by atoms with E-state index in [1.165, 1.54) is 11.3 Å². The summed E-state index contributed by atoms with van der Waals surface area (Å²) in [5.74, 6) is -2.30. The Hall–Kier alpha value is -1.36. The van der Waals surface area contributed by atoms with Gasteiger partial charge in [0.25, 0.3) is 0 Å². The molecule has 0 radical (unpaired) electrons. The Kier molecular flexibility index (Phi) is 4.28. The van der Waals surface area contributed by atoms with Crippen molar-refractivity contribution < 1.29 is 19.4 Å². The molecule has 0 saturated carbocycles. The van der Waals surface area contributed by atoms with Crippen molar-refractivity contribution in [2.45, 2.75) is 38.7 Å². The van der Waals surface area contributed by atoms with Gasteiger partial charge in [0.15, 0.2) is 0 Å². The maximum atomic E-state index is 11.6. The van der Waals surface area contributed by atoms with Gasteiger partial charge >= 0.3 is 11.9 Å². The van der Waals surface area contributed by atoms with Crippen LogP contribution >= 0.6 is 11.3 Å². The van der Waals surface area contributed by atoms with Crippen LogP contribution in [0, 0.1) is 0 Å². The highest BCUT2D eigenvalue weighted by Crippen LogP contribution is 2.26. The van der Waals surface area contributed by atoms with Gasteiger partial charge in [0.1, 0.15) is 11.5 Å². The SMILES string of the molecule is CC(C)(C)OC(=O)C[C@H](C(=O)O)c1cccs1. The van der Waals surface area contributed by atoms with Gasteiger partial charge in [-0.2, -0.15) is 0 Å². The highest BCUT2D eigenvalue weighted by molar-refractivity contribution is 7.10. The summed E-state index contributed by atoms with van der Waals surface area (Å²) in [4.78, 5) is 23.4. The van der Waals surface area contributed by atoms with Crippen molar-refractivity contribution in [3.63, 3.8) is 0 Å². The Morgan fingerprint density at radius 1 is 1.47 bits per heavy atom. The molecule has 1 N–H and O–H groups in total. The summed E-state index contributed by atoms with van der Waals surface area (Å²) in [6.45, 7) is 5.27. The first-order valence-electron chi connectivity index (χ1n) is 5.27. The zero-order valence-corrected chi connectivity index (χ0v) is 10.9. The molecule has 1 atom stereocenters. The number of hydrogen-bond acceptors (Lipinski definition) is 4. The van der Waals surface area contributed by atoms with Gasteiger partial charge in [-0.15, -0.1) is 11.3 Å². The maximum Gasteiger partial charge on any atom is 0.312 e. The topological polar surface area (TPSA) is 63.6 Å². The van der Waals surface area contributed by atoms with Crippen LogP contribution in [-0.4, -0.2) is 22.6 Å². The number of carbonyl (C=O) groups excluding carboxylic acids is 1. The minimum Gasteiger partial charge on any atom is -0.481 e. The molecule has 0 bridgehead atoms. The largest absolute Gasteiger partial charge is 0.481 e.